The molecule has 2 heterocycles. The van der Waals surface area contributed by atoms with Gasteiger partial charge in [-0.1, -0.05) is 28.9 Å². The van der Waals surface area contributed by atoms with E-state index in [1.165, 1.54) is 0 Å². The molecule has 0 aliphatic carbocycles. The van der Waals surface area contributed by atoms with Crippen molar-refractivity contribution in [1.82, 2.24) is 10.1 Å². The van der Waals surface area contributed by atoms with Crippen LogP contribution in [-0.2, 0) is 11.2 Å². The average Bonchev–Trinajstić information content (AvgIpc) is 3.05. The number of ether oxygens (including phenoxy) is 1. The van der Waals surface area contributed by atoms with Gasteiger partial charge in [-0.25, -0.2) is 4.79 Å². The molecule has 0 atom stereocenters. The molecule has 1 aliphatic heterocycles. The number of halogens is 1. The van der Waals surface area contributed by atoms with Gasteiger partial charge in [0.05, 0.1) is 6.61 Å². The summed E-state index contributed by atoms with van der Waals surface area (Å²) in [5.41, 5.74) is 1.82. The highest BCUT2D eigenvalue weighted by Gasteiger charge is 2.24. The van der Waals surface area contributed by atoms with Crippen molar-refractivity contribution in [2.75, 3.05) is 19.7 Å². The molecule has 0 bridgehead atoms. The molecule has 0 unspecified atom stereocenters. The van der Waals surface area contributed by atoms with Gasteiger partial charge in [0, 0.05) is 36.2 Å². The number of hydrogen-bond donors (Lipinski definition) is 0. The summed E-state index contributed by atoms with van der Waals surface area (Å²) in [6.07, 6.45) is 2.55. The first-order valence-electron chi connectivity index (χ1n) is 8.29. The quantitative estimate of drug-likeness (QED) is 0.821. The summed E-state index contributed by atoms with van der Waals surface area (Å²) in [6, 6.07) is 9.54. The smallest absolute Gasteiger partial charge is 0.409 e. The number of rotatable bonds is 4. The lowest BCUT2D eigenvalue weighted by molar-refractivity contribution is 0.0911. The molecule has 1 aromatic heterocycles. The highest BCUT2D eigenvalue weighted by Crippen LogP contribution is 2.26. The molecular formula is C18H21ClN2O3. The van der Waals surface area contributed by atoms with Crippen molar-refractivity contribution in [2.45, 2.75) is 26.2 Å². The van der Waals surface area contributed by atoms with E-state index in [1.54, 1.807) is 4.90 Å². The molecule has 1 fully saturated rings. The average molecular weight is 349 g/mol. The van der Waals surface area contributed by atoms with Gasteiger partial charge in [-0.15, -0.1) is 0 Å². The van der Waals surface area contributed by atoms with E-state index in [0.717, 1.165) is 49.4 Å². The molecule has 2 aromatic rings. The van der Waals surface area contributed by atoms with Gasteiger partial charge >= 0.3 is 6.09 Å². The second-order valence-corrected chi connectivity index (χ2v) is 6.46. The minimum Gasteiger partial charge on any atom is -0.450 e. The summed E-state index contributed by atoms with van der Waals surface area (Å²) in [6.45, 7) is 3.72. The van der Waals surface area contributed by atoms with Crippen molar-refractivity contribution in [1.29, 1.82) is 0 Å². The first-order chi connectivity index (χ1) is 11.7. The number of piperidine rings is 1. The summed E-state index contributed by atoms with van der Waals surface area (Å²) >= 11 is 5.91. The first-order valence-corrected chi connectivity index (χ1v) is 8.66. The molecule has 5 nitrogen and oxygen atoms in total. The van der Waals surface area contributed by atoms with Crippen molar-refractivity contribution in [2.24, 2.45) is 5.92 Å². The molecule has 128 valence electrons. The number of amides is 1. The van der Waals surface area contributed by atoms with Crippen LogP contribution in [-0.4, -0.2) is 35.8 Å². The zero-order valence-electron chi connectivity index (χ0n) is 13.7. The third kappa shape index (κ3) is 4.09. The van der Waals surface area contributed by atoms with Crippen LogP contribution in [0.1, 0.15) is 25.5 Å². The Hall–Kier alpha value is -2.01. The van der Waals surface area contributed by atoms with E-state index >= 15 is 0 Å². The van der Waals surface area contributed by atoms with Crippen LogP contribution in [0.25, 0.3) is 11.3 Å². The van der Waals surface area contributed by atoms with Crippen LogP contribution < -0.4 is 0 Å². The summed E-state index contributed by atoms with van der Waals surface area (Å²) < 4.78 is 10.5. The third-order valence-electron chi connectivity index (χ3n) is 4.33. The maximum Gasteiger partial charge on any atom is 0.409 e. The van der Waals surface area contributed by atoms with Gasteiger partial charge in [0.15, 0.2) is 0 Å². The van der Waals surface area contributed by atoms with Crippen LogP contribution >= 0.6 is 11.6 Å². The van der Waals surface area contributed by atoms with E-state index in [0.29, 0.717) is 17.5 Å². The number of carbonyl (C=O) groups excluding carboxylic acids is 1. The second kappa shape index (κ2) is 7.71. The minimum absolute atomic E-state index is 0.208. The summed E-state index contributed by atoms with van der Waals surface area (Å²) in [5.74, 6) is 1.39. The van der Waals surface area contributed by atoms with Gasteiger partial charge in [-0.2, -0.15) is 0 Å². The van der Waals surface area contributed by atoms with Crippen LogP contribution in [0.2, 0.25) is 5.02 Å². The standard InChI is InChI=1S/C18H21ClN2O3/c1-2-23-18(22)21-9-7-13(8-10-21)11-16-12-17(20-24-16)14-3-5-15(19)6-4-14/h3-6,12-13H,2,7-11H2,1H3. The number of carbonyl (C=O) groups is 1. The summed E-state index contributed by atoms with van der Waals surface area (Å²) in [5, 5.41) is 4.85. The molecule has 1 aromatic carbocycles. The zero-order chi connectivity index (χ0) is 16.9. The largest absolute Gasteiger partial charge is 0.450 e. The van der Waals surface area contributed by atoms with Crippen molar-refractivity contribution in [3.63, 3.8) is 0 Å². The SMILES string of the molecule is CCOC(=O)N1CCC(Cc2cc(-c3ccc(Cl)cc3)no2)CC1. The van der Waals surface area contributed by atoms with Crippen LogP contribution in [0.4, 0.5) is 4.79 Å². The highest BCUT2D eigenvalue weighted by atomic mass is 35.5. The third-order valence-corrected chi connectivity index (χ3v) is 4.58. The molecular weight excluding hydrogens is 328 g/mol. The Morgan fingerprint density at radius 3 is 2.71 bits per heavy atom. The molecule has 24 heavy (non-hydrogen) atoms. The summed E-state index contributed by atoms with van der Waals surface area (Å²) in [7, 11) is 0. The summed E-state index contributed by atoms with van der Waals surface area (Å²) in [4.78, 5) is 13.5. The van der Waals surface area contributed by atoms with E-state index in [9.17, 15) is 4.79 Å². The van der Waals surface area contributed by atoms with Crippen molar-refractivity contribution >= 4 is 17.7 Å². The van der Waals surface area contributed by atoms with Gasteiger partial charge in [0.25, 0.3) is 0 Å². The number of nitrogens with zero attached hydrogens (tertiary/aromatic N) is 2. The molecule has 0 N–H and O–H groups in total. The van der Waals surface area contributed by atoms with Crippen LogP contribution in [0, 0.1) is 5.92 Å². The number of benzene rings is 1. The Balaban J connectivity index is 1.54. The molecule has 1 aliphatic rings. The normalized spacial score (nSPS) is 15.5. The fraction of sp³-hybridized carbons (Fsp3) is 0.444. The topological polar surface area (TPSA) is 55.6 Å². The van der Waals surface area contributed by atoms with Gasteiger partial charge in [0.1, 0.15) is 11.5 Å². The molecule has 0 spiro atoms. The zero-order valence-corrected chi connectivity index (χ0v) is 14.5. The lowest BCUT2D eigenvalue weighted by Gasteiger charge is -2.30. The van der Waals surface area contributed by atoms with E-state index in [2.05, 4.69) is 5.16 Å². The molecule has 1 amide bonds. The Morgan fingerprint density at radius 1 is 1.33 bits per heavy atom. The Kier molecular flexibility index (Phi) is 5.41. The molecule has 1 saturated heterocycles. The van der Waals surface area contributed by atoms with Crippen LogP contribution in [0.5, 0.6) is 0 Å². The number of hydrogen-bond acceptors (Lipinski definition) is 4. The maximum atomic E-state index is 11.7. The first kappa shape index (κ1) is 16.8. The molecule has 6 heteroatoms. The monoisotopic (exact) mass is 348 g/mol. The Bertz CT molecular complexity index is 676. The van der Waals surface area contributed by atoms with Gasteiger partial charge < -0.3 is 14.2 Å². The van der Waals surface area contributed by atoms with Crippen LogP contribution in [0.3, 0.4) is 0 Å². The predicted octanol–water partition coefficient (Wildman–Crippen LogP) is 4.41. The van der Waals surface area contributed by atoms with E-state index < -0.39 is 0 Å². The van der Waals surface area contributed by atoms with E-state index in [-0.39, 0.29) is 6.09 Å². The fourth-order valence-corrected chi connectivity index (χ4v) is 3.11. The number of aromatic nitrogens is 1. The van der Waals surface area contributed by atoms with Crippen molar-refractivity contribution in [3.8, 4) is 11.3 Å². The molecule has 0 radical (unpaired) electrons. The second-order valence-electron chi connectivity index (χ2n) is 6.02. The minimum atomic E-state index is -0.208. The Morgan fingerprint density at radius 2 is 2.04 bits per heavy atom. The fourth-order valence-electron chi connectivity index (χ4n) is 2.98. The van der Waals surface area contributed by atoms with Gasteiger partial charge in [-0.3, -0.25) is 0 Å². The van der Waals surface area contributed by atoms with Crippen molar-refractivity contribution in [3.05, 3.63) is 41.1 Å². The Labute approximate surface area is 146 Å². The molecule has 3 rings (SSSR count). The van der Waals surface area contributed by atoms with Crippen LogP contribution in [0.15, 0.2) is 34.9 Å². The van der Waals surface area contributed by atoms with Crippen molar-refractivity contribution < 1.29 is 14.1 Å². The van der Waals surface area contributed by atoms with E-state index in [1.807, 2.05) is 37.3 Å². The lowest BCUT2D eigenvalue weighted by atomic mass is 9.92. The predicted molar refractivity (Wildman–Crippen MR) is 92.0 cm³/mol. The maximum absolute atomic E-state index is 11.7. The number of likely N-dealkylation sites (tertiary alicyclic amines) is 1. The van der Waals surface area contributed by atoms with E-state index in [4.69, 9.17) is 20.9 Å². The van der Waals surface area contributed by atoms with Gasteiger partial charge in [-0.05, 0) is 37.8 Å². The van der Waals surface area contributed by atoms with Gasteiger partial charge in [0.2, 0.25) is 0 Å². The highest BCUT2D eigenvalue weighted by molar-refractivity contribution is 6.30. The lowest BCUT2D eigenvalue weighted by Crippen LogP contribution is -2.39. The molecule has 0 saturated carbocycles.